The van der Waals surface area contributed by atoms with Crippen LogP contribution in [-0.4, -0.2) is 19.9 Å². The Labute approximate surface area is 267 Å². The molecule has 42 heavy (non-hydrogen) atoms. The van der Waals surface area contributed by atoms with Gasteiger partial charge in [0.05, 0.1) is 37.2 Å². The second kappa shape index (κ2) is 15.1. The molecular formula is C24H18Cl4F6FeN4O2P+. The van der Waals surface area contributed by atoms with E-state index in [-0.39, 0.29) is 27.1 Å². The minimum absolute atomic E-state index is 0. The van der Waals surface area contributed by atoms with Gasteiger partial charge in [-0.2, -0.15) is 0 Å². The Morgan fingerprint density at radius 2 is 0.810 bits per heavy atom. The van der Waals surface area contributed by atoms with E-state index in [0.717, 1.165) is 36.7 Å². The average Bonchev–Trinajstić information content (AvgIpc) is 2.90. The summed E-state index contributed by atoms with van der Waals surface area (Å²) in [6.07, 6.45) is 5.49. The first kappa shape index (κ1) is 37.9. The number of benzene rings is 1. The SMILES string of the molecule is F[P-](F)(F)(F)(F)F.[Fe+4].[O-]c1c([O-])c(Cl)c(Cl)c(Cl)c1Cl.c1ccc(CN(Cc2ccccn2)Cc2ccccn2)nc1. The first-order chi connectivity index (χ1) is 18.8. The van der Waals surface area contributed by atoms with Crippen LogP contribution < -0.4 is 10.2 Å². The van der Waals surface area contributed by atoms with Crippen molar-refractivity contribution in [2.75, 3.05) is 0 Å². The van der Waals surface area contributed by atoms with Crippen LogP contribution >= 0.6 is 54.2 Å². The third-order valence-electron chi connectivity index (χ3n) is 4.52. The molecule has 6 nitrogen and oxygen atoms in total. The molecular weight excluding hydrogens is 719 g/mol. The maximum Gasteiger partial charge on any atom is 4.00 e. The molecule has 0 aliphatic carbocycles. The second-order valence-electron chi connectivity index (χ2n) is 7.98. The summed E-state index contributed by atoms with van der Waals surface area (Å²) in [7, 11) is -10.7. The standard InChI is InChI=1S/C18H18N4.C6H2Cl4O2.F6P.Fe/c1-4-10-19-16(7-1)13-22(14-17-8-2-5-11-20-17)15-18-9-3-6-12-21-18;7-1-2(8)4(10)6(12)5(11)3(1)9;1-7(2,3,4,5)6;/h1-12H,13-15H2;11-12H;;/q;;-1;+4/p-2. The molecule has 0 saturated carbocycles. The molecule has 4 aromatic rings. The van der Waals surface area contributed by atoms with Crippen molar-refractivity contribution in [3.63, 3.8) is 0 Å². The van der Waals surface area contributed by atoms with E-state index in [1.54, 1.807) is 0 Å². The number of pyridine rings is 3. The van der Waals surface area contributed by atoms with Crippen molar-refractivity contribution in [1.82, 2.24) is 19.9 Å². The number of aromatic nitrogens is 3. The molecule has 18 heteroatoms. The van der Waals surface area contributed by atoms with Gasteiger partial charge in [0.15, 0.2) is 0 Å². The van der Waals surface area contributed by atoms with Gasteiger partial charge in [-0.25, -0.2) is 0 Å². The predicted molar refractivity (Wildman–Crippen MR) is 145 cm³/mol. The number of hydrogen-bond acceptors (Lipinski definition) is 6. The van der Waals surface area contributed by atoms with Gasteiger partial charge in [0.1, 0.15) is 0 Å². The molecule has 0 aliphatic rings. The minimum atomic E-state index is -10.7. The van der Waals surface area contributed by atoms with Crippen LogP contribution in [0.1, 0.15) is 17.1 Å². The van der Waals surface area contributed by atoms with Crippen LogP contribution in [0.5, 0.6) is 11.5 Å². The fourth-order valence-electron chi connectivity index (χ4n) is 2.92. The third kappa shape index (κ3) is 15.4. The van der Waals surface area contributed by atoms with E-state index in [1.807, 2.05) is 73.2 Å². The molecule has 0 unspecified atom stereocenters. The molecule has 0 bridgehead atoms. The summed E-state index contributed by atoms with van der Waals surface area (Å²) < 4.78 is 59.2. The maximum atomic E-state index is 10.9. The fourth-order valence-corrected chi connectivity index (χ4v) is 3.74. The summed E-state index contributed by atoms with van der Waals surface area (Å²) >= 11 is 21.7. The van der Waals surface area contributed by atoms with Crippen molar-refractivity contribution in [1.29, 1.82) is 0 Å². The van der Waals surface area contributed by atoms with Gasteiger partial charge in [0.2, 0.25) is 0 Å². The van der Waals surface area contributed by atoms with Crippen LogP contribution in [0.2, 0.25) is 20.1 Å². The van der Waals surface area contributed by atoms with E-state index in [2.05, 4.69) is 19.9 Å². The molecule has 0 saturated heterocycles. The number of hydrogen-bond donors (Lipinski definition) is 0. The molecule has 0 aliphatic heterocycles. The van der Waals surface area contributed by atoms with Crippen LogP contribution in [0, 0.1) is 0 Å². The van der Waals surface area contributed by atoms with E-state index in [9.17, 15) is 35.4 Å². The Balaban J connectivity index is 0.000000372. The third-order valence-corrected chi connectivity index (χ3v) is 6.29. The normalized spacial score (nSPS) is 12.5. The Morgan fingerprint density at radius 3 is 1.02 bits per heavy atom. The summed E-state index contributed by atoms with van der Waals surface area (Å²) in [6.45, 7) is 2.32. The van der Waals surface area contributed by atoms with Gasteiger partial charge in [-0.1, -0.05) is 76.1 Å². The quantitative estimate of drug-likeness (QED) is 0.0646. The molecule has 4 rings (SSSR count). The first-order valence-corrected chi connectivity index (χ1v) is 14.5. The molecule has 3 heterocycles. The zero-order chi connectivity index (χ0) is 30.9. The fraction of sp³-hybridized carbons (Fsp3) is 0.125. The van der Waals surface area contributed by atoms with E-state index >= 15 is 0 Å². The Bertz CT molecular complexity index is 1220. The Hall–Kier alpha value is -2.08. The van der Waals surface area contributed by atoms with Crippen LogP contribution in [0.4, 0.5) is 25.2 Å². The predicted octanol–water partition coefficient (Wildman–Crippen LogP) is 8.90. The Kier molecular flexibility index (Phi) is 13.6. The second-order valence-corrected chi connectivity index (χ2v) is 11.4. The topological polar surface area (TPSA) is 88.0 Å². The van der Waals surface area contributed by atoms with Crippen molar-refractivity contribution >= 4 is 54.2 Å². The average molecular weight is 737 g/mol. The van der Waals surface area contributed by atoms with Gasteiger partial charge in [-0.3, -0.25) is 19.9 Å². The van der Waals surface area contributed by atoms with E-state index in [4.69, 9.17) is 46.4 Å². The van der Waals surface area contributed by atoms with Crippen molar-refractivity contribution in [3.8, 4) is 11.5 Å². The summed E-state index contributed by atoms with van der Waals surface area (Å²) in [5.74, 6) is -1.87. The van der Waals surface area contributed by atoms with Gasteiger partial charge >= 0.3 is 50.1 Å². The summed E-state index contributed by atoms with van der Waals surface area (Å²) in [4.78, 5) is 15.6. The number of nitrogens with zero attached hydrogens (tertiary/aromatic N) is 4. The van der Waals surface area contributed by atoms with Crippen molar-refractivity contribution in [2.45, 2.75) is 19.6 Å². The first-order valence-electron chi connectivity index (χ1n) is 11.0. The van der Waals surface area contributed by atoms with Crippen LogP contribution in [0.15, 0.2) is 73.2 Å². The summed E-state index contributed by atoms with van der Waals surface area (Å²) in [5.41, 5.74) is 3.15. The van der Waals surface area contributed by atoms with Gasteiger partial charge in [0, 0.05) is 38.2 Å². The molecule has 0 radical (unpaired) electrons. The number of halogens is 10. The van der Waals surface area contributed by atoms with Gasteiger partial charge in [-0.05, 0) is 36.4 Å². The van der Waals surface area contributed by atoms with Crippen LogP contribution in [0.25, 0.3) is 0 Å². The molecule has 0 fully saturated rings. The molecule has 0 amide bonds. The maximum absolute atomic E-state index is 10.9. The molecule has 0 N–H and O–H groups in total. The van der Waals surface area contributed by atoms with Crippen LogP contribution in [-0.2, 0) is 36.7 Å². The van der Waals surface area contributed by atoms with Crippen LogP contribution in [0.3, 0.4) is 0 Å². The largest absolute Gasteiger partial charge is 4.00 e. The van der Waals surface area contributed by atoms with E-state index in [0.29, 0.717) is 0 Å². The smallest absolute Gasteiger partial charge is 0.872 e. The minimum Gasteiger partial charge on any atom is -0.872 e. The zero-order valence-corrected chi connectivity index (χ0v) is 25.8. The van der Waals surface area contributed by atoms with Gasteiger partial charge in [-0.15, -0.1) is 0 Å². The molecule has 0 spiro atoms. The molecule has 228 valence electrons. The van der Waals surface area contributed by atoms with E-state index in [1.165, 1.54) is 0 Å². The summed E-state index contributed by atoms with van der Waals surface area (Å²) in [6, 6.07) is 18.0. The Morgan fingerprint density at radius 1 is 0.548 bits per heavy atom. The van der Waals surface area contributed by atoms with E-state index < -0.39 is 29.4 Å². The van der Waals surface area contributed by atoms with Crippen molar-refractivity contribution < 1.29 is 52.5 Å². The molecule has 1 aromatic carbocycles. The monoisotopic (exact) mass is 735 g/mol. The van der Waals surface area contributed by atoms with Crippen molar-refractivity contribution in [3.05, 3.63) is 110 Å². The number of rotatable bonds is 6. The van der Waals surface area contributed by atoms with Gasteiger partial charge in [0.25, 0.3) is 0 Å². The zero-order valence-electron chi connectivity index (χ0n) is 20.7. The molecule has 3 aromatic heterocycles. The van der Waals surface area contributed by atoms with Gasteiger partial charge < -0.3 is 10.2 Å². The van der Waals surface area contributed by atoms with Crippen molar-refractivity contribution in [2.24, 2.45) is 0 Å². The molecule has 0 atom stereocenters. The summed E-state index contributed by atoms with van der Waals surface area (Å²) in [5, 5.41) is 20.6.